The molecule has 4 nitrogen and oxygen atoms in total. The predicted molar refractivity (Wildman–Crippen MR) is 71.3 cm³/mol. The highest BCUT2D eigenvalue weighted by Crippen LogP contribution is 2.20. The maximum atomic E-state index is 13.4. The van der Waals surface area contributed by atoms with Crippen LogP contribution in [0.25, 0.3) is 0 Å². The monoisotopic (exact) mass is 307 g/mol. The summed E-state index contributed by atoms with van der Waals surface area (Å²) in [6, 6.07) is 2.81. The second-order valence-electron chi connectivity index (χ2n) is 4.29. The van der Waals surface area contributed by atoms with Crippen LogP contribution in [0.4, 0.5) is 4.39 Å². The molecule has 19 heavy (non-hydrogen) atoms. The van der Waals surface area contributed by atoms with Crippen molar-refractivity contribution >= 4 is 25.6 Å². The first-order valence-electron chi connectivity index (χ1n) is 5.69. The molecule has 0 fully saturated rings. The van der Waals surface area contributed by atoms with Crippen LogP contribution in [0.2, 0.25) is 0 Å². The zero-order chi connectivity index (χ0) is 14.8. The standard InChI is InChI=1S/C12H15ClFNO3S/c1-4-8(2)15(3)12(16)9-5-10(14)7-11(6-9)19(13,17)18/h5-8H,4H2,1-3H3. The molecule has 1 rings (SSSR count). The molecule has 0 aromatic heterocycles. The summed E-state index contributed by atoms with van der Waals surface area (Å²) in [5.74, 6) is -1.27. The third-order valence-electron chi connectivity index (χ3n) is 2.97. The Balaban J connectivity index is 3.22. The normalized spacial score (nSPS) is 13.1. The average Bonchev–Trinajstić information content (AvgIpc) is 2.34. The number of hydrogen-bond acceptors (Lipinski definition) is 3. The summed E-state index contributed by atoms with van der Waals surface area (Å²) in [4.78, 5) is 13.1. The van der Waals surface area contributed by atoms with E-state index in [1.807, 2.05) is 13.8 Å². The van der Waals surface area contributed by atoms with Gasteiger partial charge in [-0.2, -0.15) is 0 Å². The Hall–Kier alpha value is -1.14. The van der Waals surface area contributed by atoms with Gasteiger partial charge in [0.05, 0.1) is 4.90 Å². The van der Waals surface area contributed by atoms with Gasteiger partial charge in [0.1, 0.15) is 5.82 Å². The van der Waals surface area contributed by atoms with Crippen LogP contribution in [-0.4, -0.2) is 32.3 Å². The number of nitrogens with zero attached hydrogens (tertiary/aromatic N) is 1. The zero-order valence-electron chi connectivity index (χ0n) is 10.9. The molecular weight excluding hydrogens is 293 g/mol. The second kappa shape index (κ2) is 5.88. The molecular formula is C12H15ClFNO3S. The number of hydrogen-bond donors (Lipinski definition) is 0. The molecule has 0 aliphatic heterocycles. The summed E-state index contributed by atoms with van der Waals surface area (Å²) in [5, 5.41) is 0. The maximum Gasteiger partial charge on any atom is 0.261 e. The fraction of sp³-hybridized carbons (Fsp3) is 0.417. The number of amides is 1. The van der Waals surface area contributed by atoms with Crippen molar-refractivity contribution < 1.29 is 17.6 Å². The van der Waals surface area contributed by atoms with Gasteiger partial charge in [-0.25, -0.2) is 12.8 Å². The van der Waals surface area contributed by atoms with E-state index in [1.54, 1.807) is 7.05 Å². The molecule has 1 amide bonds. The quantitative estimate of drug-likeness (QED) is 0.804. The number of rotatable bonds is 4. The molecule has 7 heteroatoms. The first-order chi connectivity index (χ1) is 8.66. The van der Waals surface area contributed by atoms with Crippen LogP contribution in [-0.2, 0) is 9.05 Å². The number of carbonyl (C=O) groups is 1. The molecule has 1 atom stereocenters. The van der Waals surface area contributed by atoms with Gasteiger partial charge >= 0.3 is 0 Å². The molecule has 0 bridgehead atoms. The summed E-state index contributed by atoms with van der Waals surface area (Å²) >= 11 is 0. The van der Waals surface area contributed by atoms with E-state index in [0.29, 0.717) is 0 Å². The molecule has 1 unspecified atom stereocenters. The van der Waals surface area contributed by atoms with Gasteiger partial charge in [-0.3, -0.25) is 4.79 Å². The highest BCUT2D eigenvalue weighted by molar-refractivity contribution is 8.13. The Morgan fingerprint density at radius 2 is 2.00 bits per heavy atom. The lowest BCUT2D eigenvalue weighted by atomic mass is 10.1. The van der Waals surface area contributed by atoms with Crippen molar-refractivity contribution in [2.24, 2.45) is 0 Å². The van der Waals surface area contributed by atoms with E-state index in [2.05, 4.69) is 0 Å². The molecule has 0 aliphatic carbocycles. The molecule has 1 aromatic carbocycles. The highest BCUT2D eigenvalue weighted by Gasteiger charge is 2.20. The lowest BCUT2D eigenvalue weighted by Gasteiger charge is -2.24. The van der Waals surface area contributed by atoms with E-state index in [1.165, 1.54) is 4.90 Å². The predicted octanol–water partition coefficient (Wildman–Crippen LogP) is 2.62. The molecule has 0 heterocycles. The molecule has 0 saturated carbocycles. The molecule has 0 spiro atoms. The Labute approximate surface area is 116 Å². The van der Waals surface area contributed by atoms with Crippen LogP contribution in [0.3, 0.4) is 0 Å². The van der Waals surface area contributed by atoms with Crippen molar-refractivity contribution in [1.29, 1.82) is 0 Å². The smallest absolute Gasteiger partial charge is 0.261 e. The molecule has 0 N–H and O–H groups in total. The SMILES string of the molecule is CCC(C)N(C)C(=O)c1cc(F)cc(S(=O)(=O)Cl)c1. The van der Waals surface area contributed by atoms with E-state index in [9.17, 15) is 17.6 Å². The van der Waals surface area contributed by atoms with Crippen LogP contribution in [0, 0.1) is 5.82 Å². The third-order valence-corrected chi connectivity index (χ3v) is 4.31. The minimum atomic E-state index is -4.07. The molecule has 0 aliphatic rings. The molecule has 106 valence electrons. The first kappa shape index (κ1) is 15.9. The third kappa shape index (κ3) is 3.91. The van der Waals surface area contributed by atoms with Crippen molar-refractivity contribution in [3.8, 4) is 0 Å². The Kier molecular flexibility index (Phi) is 4.92. The largest absolute Gasteiger partial charge is 0.339 e. The van der Waals surface area contributed by atoms with Crippen molar-refractivity contribution in [3.05, 3.63) is 29.6 Å². The van der Waals surface area contributed by atoms with Crippen LogP contribution < -0.4 is 0 Å². The van der Waals surface area contributed by atoms with E-state index < -0.39 is 25.7 Å². The Bertz CT molecular complexity index is 589. The van der Waals surface area contributed by atoms with Crippen LogP contribution in [0.5, 0.6) is 0 Å². The second-order valence-corrected chi connectivity index (χ2v) is 6.85. The van der Waals surface area contributed by atoms with Gasteiger partial charge in [0, 0.05) is 29.3 Å². The van der Waals surface area contributed by atoms with Crippen LogP contribution >= 0.6 is 10.7 Å². The van der Waals surface area contributed by atoms with E-state index in [0.717, 1.165) is 24.6 Å². The van der Waals surface area contributed by atoms with Crippen molar-refractivity contribution in [3.63, 3.8) is 0 Å². The average molecular weight is 308 g/mol. The maximum absolute atomic E-state index is 13.4. The fourth-order valence-corrected chi connectivity index (χ4v) is 2.29. The fourth-order valence-electron chi connectivity index (χ4n) is 1.50. The summed E-state index contributed by atoms with van der Waals surface area (Å²) in [5.41, 5.74) is -0.0398. The molecule has 0 saturated heterocycles. The van der Waals surface area contributed by atoms with E-state index in [-0.39, 0.29) is 11.6 Å². The summed E-state index contributed by atoms with van der Waals surface area (Å²) in [6.07, 6.45) is 0.734. The van der Waals surface area contributed by atoms with Gasteiger partial charge < -0.3 is 4.90 Å². The van der Waals surface area contributed by atoms with Gasteiger partial charge in [0.15, 0.2) is 0 Å². The van der Waals surface area contributed by atoms with Gasteiger partial charge in [0.2, 0.25) is 0 Å². The summed E-state index contributed by atoms with van der Waals surface area (Å²) in [6.45, 7) is 3.76. The lowest BCUT2D eigenvalue weighted by molar-refractivity contribution is 0.0740. The van der Waals surface area contributed by atoms with E-state index in [4.69, 9.17) is 10.7 Å². The van der Waals surface area contributed by atoms with E-state index >= 15 is 0 Å². The van der Waals surface area contributed by atoms with Crippen LogP contribution in [0.1, 0.15) is 30.6 Å². The van der Waals surface area contributed by atoms with Crippen molar-refractivity contribution in [2.45, 2.75) is 31.2 Å². The summed E-state index contributed by atoms with van der Waals surface area (Å²) < 4.78 is 35.8. The van der Waals surface area contributed by atoms with Crippen molar-refractivity contribution in [2.75, 3.05) is 7.05 Å². The Morgan fingerprint density at radius 1 is 1.42 bits per heavy atom. The molecule has 0 radical (unpaired) electrons. The summed E-state index contributed by atoms with van der Waals surface area (Å²) in [7, 11) is 2.67. The Morgan fingerprint density at radius 3 is 2.47 bits per heavy atom. The number of halogens is 2. The topological polar surface area (TPSA) is 54.5 Å². The lowest BCUT2D eigenvalue weighted by Crippen LogP contribution is -2.34. The number of benzene rings is 1. The first-order valence-corrected chi connectivity index (χ1v) is 8.00. The minimum absolute atomic E-state index is 0.0353. The molecule has 1 aromatic rings. The number of carbonyl (C=O) groups excluding carboxylic acids is 1. The highest BCUT2D eigenvalue weighted by atomic mass is 35.7. The minimum Gasteiger partial charge on any atom is -0.339 e. The van der Waals surface area contributed by atoms with Crippen molar-refractivity contribution in [1.82, 2.24) is 4.90 Å². The zero-order valence-corrected chi connectivity index (χ0v) is 12.4. The van der Waals surface area contributed by atoms with Gasteiger partial charge in [-0.15, -0.1) is 0 Å². The van der Waals surface area contributed by atoms with Crippen LogP contribution in [0.15, 0.2) is 23.1 Å². The van der Waals surface area contributed by atoms with Gasteiger partial charge in [-0.1, -0.05) is 6.92 Å². The van der Waals surface area contributed by atoms with Gasteiger partial charge in [-0.05, 0) is 31.5 Å². The van der Waals surface area contributed by atoms with Gasteiger partial charge in [0.25, 0.3) is 15.0 Å².